The van der Waals surface area contributed by atoms with Crippen LogP contribution in [0, 0.1) is 13.8 Å². The summed E-state index contributed by atoms with van der Waals surface area (Å²) in [5.41, 5.74) is 10.1. The zero-order chi connectivity index (χ0) is 14.0. The Morgan fingerprint density at radius 2 is 1.89 bits per heavy atom. The van der Waals surface area contributed by atoms with Crippen molar-refractivity contribution in [2.75, 3.05) is 5.73 Å². The quantitative estimate of drug-likeness (QED) is 0.808. The Labute approximate surface area is 126 Å². The third kappa shape index (κ3) is 3.43. The summed E-state index contributed by atoms with van der Waals surface area (Å²) in [5, 5.41) is 0.586. The number of anilines is 1. The van der Waals surface area contributed by atoms with E-state index in [-0.39, 0.29) is 0 Å². The number of nitrogen functional groups attached to an aromatic ring is 1. The molecule has 0 radical (unpaired) electrons. The van der Waals surface area contributed by atoms with Crippen LogP contribution in [0.5, 0.6) is 5.75 Å². The van der Waals surface area contributed by atoms with Gasteiger partial charge < -0.3 is 10.5 Å². The number of halogens is 2. The summed E-state index contributed by atoms with van der Waals surface area (Å²) in [7, 11) is 0. The first-order valence-electron chi connectivity index (χ1n) is 5.91. The number of nitrogens with two attached hydrogens (primary N) is 1. The first-order chi connectivity index (χ1) is 8.97. The van der Waals surface area contributed by atoms with E-state index in [2.05, 4.69) is 48.0 Å². The Balaban J connectivity index is 2.16. The van der Waals surface area contributed by atoms with Gasteiger partial charge in [-0.25, -0.2) is 0 Å². The van der Waals surface area contributed by atoms with Gasteiger partial charge >= 0.3 is 0 Å². The van der Waals surface area contributed by atoms with Gasteiger partial charge in [0.15, 0.2) is 5.75 Å². The molecule has 0 aliphatic rings. The Bertz CT molecular complexity index is 590. The van der Waals surface area contributed by atoms with Crippen LogP contribution in [0.2, 0.25) is 5.02 Å². The highest BCUT2D eigenvalue weighted by molar-refractivity contribution is 9.10. The molecule has 0 fully saturated rings. The lowest BCUT2D eigenvalue weighted by atomic mass is 10.1. The van der Waals surface area contributed by atoms with Crippen LogP contribution in [0.3, 0.4) is 0 Å². The molecule has 4 heteroatoms. The van der Waals surface area contributed by atoms with Gasteiger partial charge in [0, 0.05) is 5.02 Å². The summed E-state index contributed by atoms with van der Waals surface area (Å²) in [6, 6.07) is 9.72. The maximum atomic E-state index is 5.91. The molecule has 0 atom stereocenters. The maximum Gasteiger partial charge on any atom is 0.156 e. The van der Waals surface area contributed by atoms with E-state index < -0.39 is 0 Å². The number of rotatable bonds is 3. The second-order valence-corrected chi connectivity index (χ2v) is 5.80. The fraction of sp³-hybridized carbons (Fsp3) is 0.200. The SMILES string of the molecule is Cc1ccc(COc2c(N)cc(Cl)cc2Br)cc1C. The van der Waals surface area contributed by atoms with Crippen LogP contribution in [0.1, 0.15) is 16.7 Å². The number of ether oxygens (including phenoxy) is 1. The predicted octanol–water partition coefficient (Wildman–Crippen LogP) is 4.88. The summed E-state index contributed by atoms with van der Waals surface area (Å²) in [6.07, 6.45) is 0. The van der Waals surface area contributed by atoms with Crippen LogP contribution in [0.4, 0.5) is 5.69 Å². The summed E-state index contributed by atoms with van der Waals surface area (Å²) in [4.78, 5) is 0. The van der Waals surface area contributed by atoms with Crippen LogP contribution in [0.25, 0.3) is 0 Å². The van der Waals surface area contributed by atoms with Gasteiger partial charge in [-0.05, 0) is 58.6 Å². The molecule has 0 heterocycles. The molecule has 0 bridgehead atoms. The van der Waals surface area contributed by atoms with E-state index >= 15 is 0 Å². The lowest BCUT2D eigenvalue weighted by Crippen LogP contribution is -2.00. The molecule has 0 aliphatic carbocycles. The highest BCUT2D eigenvalue weighted by atomic mass is 79.9. The van der Waals surface area contributed by atoms with Gasteiger partial charge in [-0.15, -0.1) is 0 Å². The normalized spacial score (nSPS) is 10.5. The fourth-order valence-electron chi connectivity index (χ4n) is 1.78. The Morgan fingerprint density at radius 3 is 2.53 bits per heavy atom. The van der Waals surface area contributed by atoms with Gasteiger partial charge in [0.1, 0.15) is 6.61 Å². The smallest absolute Gasteiger partial charge is 0.156 e. The Kier molecular flexibility index (Phi) is 4.38. The van der Waals surface area contributed by atoms with Gasteiger partial charge in [-0.1, -0.05) is 29.8 Å². The molecule has 2 N–H and O–H groups in total. The van der Waals surface area contributed by atoms with Gasteiger partial charge in [-0.2, -0.15) is 0 Å². The van der Waals surface area contributed by atoms with E-state index in [0.29, 0.717) is 23.1 Å². The number of hydrogen-bond donors (Lipinski definition) is 1. The van der Waals surface area contributed by atoms with Crippen LogP contribution < -0.4 is 10.5 Å². The van der Waals surface area contributed by atoms with Gasteiger partial charge in [0.25, 0.3) is 0 Å². The fourth-order valence-corrected chi connectivity index (χ4v) is 2.73. The molecule has 2 rings (SSSR count). The standard InChI is InChI=1S/C15H15BrClNO/c1-9-3-4-11(5-10(9)2)8-19-15-13(16)6-12(17)7-14(15)18/h3-7H,8,18H2,1-2H3. The maximum absolute atomic E-state index is 5.91. The van der Waals surface area contributed by atoms with Gasteiger partial charge in [0.05, 0.1) is 10.2 Å². The summed E-state index contributed by atoms with van der Waals surface area (Å²) < 4.78 is 6.54. The van der Waals surface area contributed by atoms with Crippen molar-refractivity contribution in [3.05, 3.63) is 56.5 Å². The number of aryl methyl sites for hydroxylation is 2. The van der Waals surface area contributed by atoms with E-state index in [0.717, 1.165) is 10.0 Å². The molecule has 2 aromatic rings. The summed E-state index contributed by atoms with van der Waals surface area (Å²) >= 11 is 9.32. The minimum absolute atomic E-state index is 0.478. The van der Waals surface area contributed by atoms with Crippen molar-refractivity contribution in [2.24, 2.45) is 0 Å². The van der Waals surface area contributed by atoms with E-state index in [4.69, 9.17) is 22.1 Å². The van der Waals surface area contributed by atoms with Crippen molar-refractivity contribution >= 4 is 33.2 Å². The second kappa shape index (κ2) is 5.85. The van der Waals surface area contributed by atoms with Crippen LogP contribution in [-0.4, -0.2) is 0 Å². The Hall–Kier alpha value is -1.19. The monoisotopic (exact) mass is 339 g/mol. The minimum atomic E-state index is 0.478. The molecule has 0 amide bonds. The zero-order valence-electron chi connectivity index (χ0n) is 10.8. The van der Waals surface area contributed by atoms with Crippen molar-refractivity contribution < 1.29 is 4.74 Å². The van der Waals surface area contributed by atoms with Crippen LogP contribution in [0.15, 0.2) is 34.8 Å². The highest BCUT2D eigenvalue weighted by Gasteiger charge is 2.08. The lowest BCUT2D eigenvalue weighted by molar-refractivity contribution is 0.306. The molecule has 19 heavy (non-hydrogen) atoms. The van der Waals surface area contributed by atoms with E-state index in [1.54, 1.807) is 12.1 Å². The summed E-state index contributed by atoms with van der Waals surface area (Å²) in [6.45, 7) is 4.66. The molecular formula is C15H15BrClNO. The predicted molar refractivity (Wildman–Crippen MR) is 83.8 cm³/mol. The molecule has 0 aliphatic heterocycles. The molecule has 100 valence electrons. The van der Waals surface area contributed by atoms with Gasteiger partial charge in [0.2, 0.25) is 0 Å². The molecule has 0 saturated heterocycles. The summed E-state index contributed by atoms with van der Waals surface area (Å²) in [5.74, 6) is 0.627. The number of benzene rings is 2. The van der Waals surface area contributed by atoms with Crippen molar-refractivity contribution in [3.63, 3.8) is 0 Å². The minimum Gasteiger partial charge on any atom is -0.486 e. The van der Waals surface area contributed by atoms with Gasteiger partial charge in [-0.3, -0.25) is 0 Å². The first kappa shape index (κ1) is 14.2. The third-order valence-electron chi connectivity index (χ3n) is 2.99. The average Bonchev–Trinajstić information content (AvgIpc) is 2.32. The van der Waals surface area contributed by atoms with E-state index in [9.17, 15) is 0 Å². The van der Waals surface area contributed by atoms with E-state index in [1.165, 1.54) is 11.1 Å². The molecule has 0 aromatic heterocycles. The van der Waals surface area contributed by atoms with E-state index in [1.807, 2.05) is 0 Å². The van der Waals surface area contributed by atoms with Crippen molar-refractivity contribution in [3.8, 4) is 5.75 Å². The van der Waals surface area contributed by atoms with Crippen molar-refractivity contribution in [1.29, 1.82) is 0 Å². The molecule has 2 aromatic carbocycles. The zero-order valence-corrected chi connectivity index (χ0v) is 13.2. The second-order valence-electron chi connectivity index (χ2n) is 4.51. The van der Waals surface area contributed by atoms with Crippen molar-refractivity contribution in [1.82, 2.24) is 0 Å². The van der Waals surface area contributed by atoms with Crippen LogP contribution in [-0.2, 0) is 6.61 Å². The molecular weight excluding hydrogens is 326 g/mol. The lowest BCUT2D eigenvalue weighted by Gasteiger charge is -2.12. The average molecular weight is 341 g/mol. The van der Waals surface area contributed by atoms with Crippen LogP contribution >= 0.6 is 27.5 Å². The molecule has 2 nitrogen and oxygen atoms in total. The Morgan fingerprint density at radius 1 is 1.16 bits per heavy atom. The molecule has 0 saturated carbocycles. The molecule has 0 unspecified atom stereocenters. The molecule has 0 spiro atoms. The number of hydrogen-bond acceptors (Lipinski definition) is 2. The first-order valence-corrected chi connectivity index (χ1v) is 7.08. The highest BCUT2D eigenvalue weighted by Crippen LogP contribution is 2.35. The largest absolute Gasteiger partial charge is 0.486 e. The van der Waals surface area contributed by atoms with Crippen molar-refractivity contribution in [2.45, 2.75) is 20.5 Å². The topological polar surface area (TPSA) is 35.2 Å². The third-order valence-corrected chi connectivity index (χ3v) is 3.80.